The largest absolute Gasteiger partial charge is 0.297 e. The Hall–Kier alpha value is -2.05. The smallest absolute Gasteiger partial charge is 0.269 e. The van der Waals surface area contributed by atoms with E-state index in [1.165, 1.54) is 39.4 Å². The first kappa shape index (κ1) is 17.8. The molecule has 2 aromatic heterocycles. The third-order valence-electron chi connectivity index (χ3n) is 4.19. The van der Waals surface area contributed by atoms with Gasteiger partial charge in [0.1, 0.15) is 4.88 Å². The molecule has 1 N–H and O–H groups in total. The van der Waals surface area contributed by atoms with Crippen LogP contribution in [0.5, 0.6) is 0 Å². The van der Waals surface area contributed by atoms with Gasteiger partial charge in [0.2, 0.25) is 0 Å². The minimum atomic E-state index is -0.132. The molecule has 0 aliphatic rings. The van der Waals surface area contributed by atoms with E-state index in [9.17, 15) is 4.79 Å². The maximum Gasteiger partial charge on any atom is 0.269 e. The van der Waals surface area contributed by atoms with E-state index in [2.05, 4.69) is 48.2 Å². The van der Waals surface area contributed by atoms with Crippen molar-refractivity contribution in [1.82, 2.24) is 9.97 Å². The van der Waals surface area contributed by atoms with Crippen LogP contribution in [0.1, 0.15) is 44.0 Å². The first-order chi connectivity index (χ1) is 11.9. The van der Waals surface area contributed by atoms with E-state index < -0.39 is 0 Å². The number of nitrogens with zero attached hydrogens (tertiary/aromatic N) is 2. The molecule has 1 aromatic carbocycles. The molecule has 0 fully saturated rings. The molecule has 3 rings (SSSR count). The number of aromatic nitrogens is 2. The lowest BCUT2D eigenvalue weighted by Crippen LogP contribution is -2.11. The molecule has 0 bridgehead atoms. The molecule has 0 radical (unpaired) electrons. The third kappa shape index (κ3) is 3.65. The highest BCUT2D eigenvalue weighted by Crippen LogP contribution is 2.30. The Kier molecular flexibility index (Phi) is 5.01. The SMILES string of the molecule is CCc1nc(C)c(C(=O)Nc2nc(-c3cc(C)c(C)cc3C)cs2)s1. The zero-order chi connectivity index (χ0) is 18.1. The molecular formula is C19H21N3OS2. The van der Waals surface area contributed by atoms with Gasteiger partial charge in [-0.15, -0.1) is 22.7 Å². The van der Waals surface area contributed by atoms with Gasteiger partial charge in [-0.2, -0.15) is 0 Å². The van der Waals surface area contributed by atoms with Crippen LogP contribution in [0.4, 0.5) is 5.13 Å². The van der Waals surface area contributed by atoms with Crippen molar-refractivity contribution in [3.8, 4) is 11.3 Å². The van der Waals surface area contributed by atoms with Crippen LogP contribution < -0.4 is 5.32 Å². The fourth-order valence-electron chi connectivity index (χ4n) is 2.66. The van der Waals surface area contributed by atoms with Crippen molar-refractivity contribution in [2.24, 2.45) is 0 Å². The lowest BCUT2D eigenvalue weighted by Gasteiger charge is -2.07. The van der Waals surface area contributed by atoms with E-state index in [0.29, 0.717) is 10.0 Å². The van der Waals surface area contributed by atoms with Crippen molar-refractivity contribution in [1.29, 1.82) is 0 Å². The van der Waals surface area contributed by atoms with Gasteiger partial charge in [0.05, 0.1) is 16.4 Å². The summed E-state index contributed by atoms with van der Waals surface area (Å²) in [5, 5.41) is 6.49. The number of hydrogen-bond acceptors (Lipinski definition) is 5. The van der Waals surface area contributed by atoms with Gasteiger partial charge in [-0.05, 0) is 56.9 Å². The first-order valence-corrected chi connectivity index (χ1v) is 9.90. The average molecular weight is 372 g/mol. The van der Waals surface area contributed by atoms with Gasteiger partial charge in [-0.25, -0.2) is 9.97 Å². The summed E-state index contributed by atoms with van der Waals surface area (Å²) in [5.74, 6) is -0.132. The normalized spacial score (nSPS) is 10.9. The molecule has 3 aromatic rings. The Bertz CT molecular complexity index is 940. The number of rotatable bonds is 4. The van der Waals surface area contributed by atoms with Crippen molar-refractivity contribution < 1.29 is 4.79 Å². The molecule has 0 saturated heterocycles. The molecule has 0 unspecified atom stereocenters. The van der Waals surface area contributed by atoms with Gasteiger partial charge in [-0.1, -0.05) is 13.0 Å². The lowest BCUT2D eigenvalue weighted by molar-refractivity contribution is 0.103. The number of amides is 1. The number of anilines is 1. The number of thiazole rings is 2. The van der Waals surface area contributed by atoms with Crippen LogP contribution in [-0.2, 0) is 6.42 Å². The predicted molar refractivity (Wildman–Crippen MR) is 106 cm³/mol. The highest BCUT2D eigenvalue weighted by atomic mass is 32.1. The molecule has 1 amide bonds. The summed E-state index contributed by atoms with van der Waals surface area (Å²) in [4.78, 5) is 22.2. The highest BCUT2D eigenvalue weighted by Gasteiger charge is 2.17. The van der Waals surface area contributed by atoms with E-state index >= 15 is 0 Å². The van der Waals surface area contributed by atoms with Crippen LogP contribution in [0.25, 0.3) is 11.3 Å². The number of carbonyl (C=O) groups excluding carboxylic acids is 1. The molecule has 0 aliphatic heterocycles. The second-order valence-electron chi connectivity index (χ2n) is 6.12. The Morgan fingerprint density at radius 1 is 1.08 bits per heavy atom. The van der Waals surface area contributed by atoms with Crippen LogP contribution >= 0.6 is 22.7 Å². The summed E-state index contributed by atoms with van der Waals surface area (Å²) in [7, 11) is 0. The van der Waals surface area contributed by atoms with Crippen LogP contribution in [0.2, 0.25) is 0 Å². The van der Waals surface area contributed by atoms with Crippen molar-refractivity contribution >= 4 is 33.7 Å². The summed E-state index contributed by atoms with van der Waals surface area (Å²) in [6, 6.07) is 4.33. The molecular weight excluding hydrogens is 350 g/mol. The standard InChI is InChI=1S/C19H21N3OS2/c1-6-16-20-13(5)17(25-16)18(23)22-19-21-15(9-24-19)14-8-11(3)10(2)7-12(14)4/h7-9H,6H2,1-5H3,(H,21,22,23). The minimum Gasteiger partial charge on any atom is -0.297 e. The van der Waals surface area contributed by atoms with E-state index in [4.69, 9.17) is 0 Å². The molecule has 2 heterocycles. The van der Waals surface area contributed by atoms with Crippen LogP contribution in [-0.4, -0.2) is 15.9 Å². The quantitative estimate of drug-likeness (QED) is 0.676. The van der Waals surface area contributed by atoms with Crippen molar-refractivity contribution in [3.05, 3.63) is 49.8 Å². The number of aryl methyl sites for hydroxylation is 5. The Balaban J connectivity index is 1.83. The Morgan fingerprint density at radius 2 is 1.80 bits per heavy atom. The summed E-state index contributed by atoms with van der Waals surface area (Å²) in [5.41, 5.74) is 6.50. The summed E-state index contributed by atoms with van der Waals surface area (Å²) < 4.78 is 0. The highest BCUT2D eigenvalue weighted by molar-refractivity contribution is 7.15. The Morgan fingerprint density at radius 3 is 2.48 bits per heavy atom. The average Bonchev–Trinajstić information content (AvgIpc) is 3.17. The second-order valence-corrected chi connectivity index (χ2v) is 8.06. The third-order valence-corrected chi connectivity index (χ3v) is 6.25. The molecule has 25 heavy (non-hydrogen) atoms. The zero-order valence-electron chi connectivity index (χ0n) is 15.1. The van der Waals surface area contributed by atoms with Gasteiger partial charge < -0.3 is 0 Å². The molecule has 0 aliphatic carbocycles. The number of benzene rings is 1. The molecule has 6 heteroatoms. The summed E-state index contributed by atoms with van der Waals surface area (Å²) >= 11 is 2.90. The van der Waals surface area contributed by atoms with Crippen molar-refractivity contribution in [2.45, 2.75) is 41.0 Å². The van der Waals surface area contributed by atoms with Gasteiger partial charge in [0.25, 0.3) is 5.91 Å². The lowest BCUT2D eigenvalue weighted by atomic mass is 9.99. The number of hydrogen-bond donors (Lipinski definition) is 1. The van der Waals surface area contributed by atoms with E-state index in [-0.39, 0.29) is 5.91 Å². The number of carbonyl (C=O) groups is 1. The molecule has 0 saturated carbocycles. The van der Waals surface area contributed by atoms with Crippen LogP contribution in [0.3, 0.4) is 0 Å². The fourth-order valence-corrected chi connectivity index (χ4v) is 4.26. The first-order valence-electron chi connectivity index (χ1n) is 8.20. The Labute approximate surface area is 156 Å². The van der Waals surface area contributed by atoms with Gasteiger partial charge >= 0.3 is 0 Å². The monoisotopic (exact) mass is 371 g/mol. The topological polar surface area (TPSA) is 54.9 Å². The van der Waals surface area contributed by atoms with Gasteiger partial charge in [-0.3, -0.25) is 10.1 Å². The minimum absolute atomic E-state index is 0.132. The van der Waals surface area contributed by atoms with Crippen LogP contribution in [0.15, 0.2) is 17.5 Å². The van der Waals surface area contributed by atoms with Crippen molar-refractivity contribution in [2.75, 3.05) is 5.32 Å². The zero-order valence-corrected chi connectivity index (χ0v) is 16.7. The van der Waals surface area contributed by atoms with E-state index in [1.54, 1.807) is 0 Å². The molecule has 0 atom stereocenters. The summed E-state index contributed by atoms with van der Waals surface area (Å²) in [6.07, 6.45) is 0.840. The number of nitrogens with one attached hydrogen (secondary N) is 1. The second kappa shape index (κ2) is 7.06. The van der Waals surface area contributed by atoms with Crippen molar-refractivity contribution in [3.63, 3.8) is 0 Å². The molecule has 0 spiro atoms. The summed E-state index contributed by atoms with van der Waals surface area (Å²) in [6.45, 7) is 10.2. The molecule has 130 valence electrons. The molecule has 4 nitrogen and oxygen atoms in total. The van der Waals surface area contributed by atoms with Gasteiger partial charge in [0.15, 0.2) is 5.13 Å². The maximum absolute atomic E-state index is 12.5. The predicted octanol–water partition coefficient (Wildman–Crippen LogP) is 5.31. The van der Waals surface area contributed by atoms with E-state index in [0.717, 1.165) is 28.4 Å². The van der Waals surface area contributed by atoms with E-state index in [1.807, 2.05) is 19.2 Å². The van der Waals surface area contributed by atoms with Gasteiger partial charge in [0, 0.05) is 10.9 Å². The maximum atomic E-state index is 12.5. The fraction of sp³-hybridized carbons (Fsp3) is 0.316. The van der Waals surface area contributed by atoms with Crippen LogP contribution in [0, 0.1) is 27.7 Å².